The van der Waals surface area contributed by atoms with Crippen molar-refractivity contribution in [2.24, 2.45) is 0 Å². The van der Waals surface area contributed by atoms with Crippen LogP contribution in [0.5, 0.6) is 0 Å². The molecule has 0 bridgehead atoms. The molecule has 0 spiro atoms. The number of nitrogens with one attached hydrogen (secondary N) is 1. The normalized spacial score (nSPS) is 16.0. The fourth-order valence-electron chi connectivity index (χ4n) is 2.86. The smallest absolute Gasteiger partial charge is 0.253 e. The minimum absolute atomic E-state index is 0.128. The molecular formula is C17H21N3OS. The molecule has 1 aliphatic rings. The van der Waals surface area contributed by atoms with Gasteiger partial charge in [-0.05, 0) is 38.9 Å². The number of hydrogen-bond donors (Lipinski definition) is 1. The Morgan fingerprint density at radius 3 is 2.77 bits per heavy atom. The molecule has 0 atom stereocenters. The van der Waals surface area contributed by atoms with Gasteiger partial charge in [-0.1, -0.05) is 12.1 Å². The summed E-state index contributed by atoms with van der Waals surface area (Å²) in [6, 6.07) is 8.35. The summed E-state index contributed by atoms with van der Waals surface area (Å²) >= 11 is 1.63. The van der Waals surface area contributed by atoms with Crippen molar-refractivity contribution in [1.82, 2.24) is 15.2 Å². The highest BCUT2D eigenvalue weighted by Crippen LogP contribution is 2.23. The summed E-state index contributed by atoms with van der Waals surface area (Å²) in [5.74, 6) is 0.128. The van der Waals surface area contributed by atoms with Crippen molar-refractivity contribution in [1.29, 1.82) is 0 Å². The molecule has 0 radical (unpaired) electrons. The lowest BCUT2D eigenvalue weighted by molar-refractivity contribution is 0.0707. The molecule has 2 heterocycles. The average molecular weight is 315 g/mol. The molecule has 0 aliphatic carbocycles. The number of nitrogens with zero attached hydrogens (tertiary/aromatic N) is 2. The van der Waals surface area contributed by atoms with Crippen LogP contribution in [0.4, 0.5) is 0 Å². The van der Waals surface area contributed by atoms with Crippen LogP contribution < -0.4 is 5.32 Å². The van der Waals surface area contributed by atoms with E-state index in [1.165, 1.54) is 0 Å². The molecule has 0 unspecified atom stereocenters. The second-order valence-corrected chi connectivity index (χ2v) is 6.75. The SMILES string of the molecule is CNC1CCN(C(=O)c2cccc(-c3csc(C)n3)c2)CC1. The van der Waals surface area contributed by atoms with Gasteiger partial charge in [-0.15, -0.1) is 11.3 Å². The third kappa shape index (κ3) is 3.20. The fourth-order valence-corrected chi connectivity index (χ4v) is 3.48. The van der Waals surface area contributed by atoms with E-state index in [-0.39, 0.29) is 5.91 Å². The van der Waals surface area contributed by atoms with Crippen molar-refractivity contribution in [3.05, 3.63) is 40.2 Å². The minimum Gasteiger partial charge on any atom is -0.339 e. The molecule has 22 heavy (non-hydrogen) atoms. The Kier molecular flexibility index (Phi) is 4.55. The van der Waals surface area contributed by atoms with E-state index in [1.807, 2.05) is 48.5 Å². The second-order valence-electron chi connectivity index (χ2n) is 5.69. The zero-order chi connectivity index (χ0) is 15.5. The van der Waals surface area contributed by atoms with Crippen molar-refractivity contribution in [3.8, 4) is 11.3 Å². The summed E-state index contributed by atoms with van der Waals surface area (Å²) in [6.45, 7) is 3.64. The lowest BCUT2D eigenvalue weighted by atomic mass is 10.0. The second kappa shape index (κ2) is 6.58. The number of thiazole rings is 1. The summed E-state index contributed by atoms with van der Waals surface area (Å²) in [5, 5.41) is 6.37. The summed E-state index contributed by atoms with van der Waals surface area (Å²) < 4.78 is 0. The van der Waals surface area contributed by atoms with E-state index in [4.69, 9.17) is 0 Å². The van der Waals surface area contributed by atoms with Crippen LogP contribution in [0, 0.1) is 6.92 Å². The van der Waals surface area contributed by atoms with Gasteiger partial charge >= 0.3 is 0 Å². The van der Waals surface area contributed by atoms with E-state index in [0.29, 0.717) is 6.04 Å². The van der Waals surface area contributed by atoms with Gasteiger partial charge in [0.05, 0.1) is 10.7 Å². The summed E-state index contributed by atoms with van der Waals surface area (Å²) in [5.41, 5.74) is 2.72. The lowest BCUT2D eigenvalue weighted by Gasteiger charge is -2.31. The van der Waals surface area contributed by atoms with Crippen molar-refractivity contribution >= 4 is 17.2 Å². The maximum absolute atomic E-state index is 12.7. The first-order valence-electron chi connectivity index (χ1n) is 7.66. The van der Waals surface area contributed by atoms with Crippen LogP contribution in [0.15, 0.2) is 29.6 Å². The average Bonchev–Trinajstić information content (AvgIpc) is 3.01. The van der Waals surface area contributed by atoms with Gasteiger partial charge in [-0.3, -0.25) is 4.79 Å². The number of amides is 1. The molecule has 4 nitrogen and oxygen atoms in total. The number of benzene rings is 1. The Hall–Kier alpha value is -1.72. The summed E-state index contributed by atoms with van der Waals surface area (Å²) in [4.78, 5) is 19.1. The largest absolute Gasteiger partial charge is 0.339 e. The van der Waals surface area contributed by atoms with E-state index in [1.54, 1.807) is 11.3 Å². The van der Waals surface area contributed by atoms with Crippen molar-refractivity contribution in [3.63, 3.8) is 0 Å². The third-order valence-electron chi connectivity index (χ3n) is 4.21. The summed E-state index contributed by atoms with van der Waals surface area (Å²) in [6.07, 6.45) is 2.04. The highest BCUT2D eigenvalue weighted by atomic mass is 32.1. The Balaban J connectivity index is 1.76. The third-order valence-corrected chi connectivity index (χ3v) is 4.99. The number of carbonyl (C=O) groups is 1. The van der Waals surface area contributed by atoms with Crippen molar-refractivity contribution in [2.45, 2.75) is 25.8 Å². The van der Waals surface area contributed by atoms with Crippen LogP contribution in [-0.4, -0.2) is 42.0 Å². The quantitative estimate of drug-likeness (QED) is 0.947. The molecule has 1 aliphatic heterocycles. The molecule has 1 N–H and O–H groups in total. The molecule has 1 saturated heterocycles. The van der Waals surface area contributed by atoms with Crippen LogP contribution >= 0.6 is 11.3 Å². The zero-order valence-electron chi connectivity index (χ0n) is 13.0. The number of hydrogen-bond acceptors (Lipinski definition) is 4. The van der Waals surface area contributed by atoms with Gasteiger partial charge in [0.15, 0.2) is 0 Å². The molecule has 116 valence electrons. The highest BCUT2D eigenvalue weighted by molar-refractivity contribution is 7.09. The van der Waals surface area contributed by atoms with E-state index in [9.17, 15) is 4.79 Å². The van der Waals surface area contributed by atoms with Gasteiger partial charge in [0.25, 0.3) is 5.91 Å². The highest BCUT2D eigenvalue weighted by Gasteiger charge is 2.22. The predicted molar refractivity (Wildman–Crippen MR) is 90.3 cm³/mol. The van der Waals surface area contributed by atoms with Crippen LogP contribution in [0.3, 0.4) is 0 Å². The molecule has 1 aromatic heterocycles. The first-order valence-corrected chi connectivity index (χ1v) is 8.54. The van der Waals surface area contributed by atoms with Crippen LogP contribution in [-0.2, 0) is 0 Å². The first-order chi connectivity index (χ1) is 10.7. The number of aromatic nitrogens is 1. The van der Waals surface area contributed by atoms with Gasteiger partial charge in [0.2, 0.25) is 0 Å². The summed E-state index contributed by atoms with van der Waals surface area (Å²) in [7, 11) is 1.99. The van der Waals surface area contributed by atoms with E-state index in [0.717, 1.165) is 47.8 Å². The van der Waals surface area contributed by atoms with Gasteiger partial charge in [0, 0.05) is 35.6 Å². The van der Waals surface area contributed by atoms with E-state index < -0.39 is 0 Å². The van der Waals surface area contributed by atoms with Gasteiger partial charge in [-0.25, -0.2) is 4.98 Å². The van der Waals surface area contributed by atoms with E-state index >= 15 is 0 Å². The minimum atomic E-state index is 0.128. The maximum Gasteiger partial charge on any atom is 0.253 e. The Morgan fingerprint density at radius 1 is 1.36 bits per heavy atom. The first kappa shape index (κ1) is 15.2. The predicted octanol–water partition coefficient (Wildman–Crippen LogP) is 2.94. The van der Waals surface area contributed by atoms with Crippen LogP contribution in [0.25, 0.3) is 11.3 Å². The fraction of sp³-hybridized carbons (Fsp3) is 0.412. The number of piperidine rings is 1. The molecule has 5 heteroatoms. The van der Waals surface area contributed by atoms with E-state index in [2.05, 4.69) is 10.3 Å². The Morgan fingerprint density at radius 2 is 2.14 bits per heavy atom. The molecule has 1 fully saturated rings. The zero-order valence-corrected chi connectivity index (χ0v) is 13.8. The van der Waals surface area contributed by atoms with Gasteiger partial charge in [-0.2, -0.15) is 0 Å². The van der Waals surface area contributed by atoms with Crippen molar-refractivity contribution < 1.29 is 4.79 Å². The molecule has 3 rings (SSSR count). The Labute approximate surface area is 135 Å². The van der Waals surface area contributed by atoms with Crippen molar-refractivity contribution in [2.75, 3.05) is 20.1 Å². The number of likely N-dealkylation sites (tertiary alicyclic amines) is 1. The Bertz CT molecular complexity index is 659. The maximum atomic E-state index is 12.7. The molecule has 0 saturated carbocycles. The monoisotopic (exact) mass is 315 g/mol. The lowest BCUT2D eigenvalue weighted by Crippen LogP contribution is -2.43. The molecule has 2 aromatic rings. The number of aryl methyl sites for hydroxylation is 1. The molecule has 1 amide bonds. The van der Waals surface area contributed by atoms with Gasteiger partial charge < -0.3 is 10.2 Å². The molecular weight excluding hydrogens is 294 g/mol. The number of rotatable bonds is 3. The van der Waals surface area contributed by atoms with Crippen LogP contribution in [0.1, 0.15) is 28.2 Å². The standard InChI is InChI=1S/C17H21N3OS/c1-12-19-16(11-22-12)13-4-3-5-14(10-13)17(21)20-8-6-15(18-2)7-9-20/h3-5,10-11,15,18H,6-9H2,1-2H3. The number of carbonyl (C=O) groups excluding carboxylic acids is 1. The van der Waals surface area contributed by atoms with Crippen LogP contribution in [0.2, 0.25) is 0 Å². The topological polar surface area (TPSA) is 45.2 Å². The van der Waals surface area contributed by atoms with Gasteiger partial charge in [0.1, 0.15) is 0 Å². The molecule has 1 aromatic carbocycles.